The van der Waals surface area contributed by atoms with Crippen molar-refractivity contribution in [3.05, 3.63) is 30.2 Å². The first-order chi connectivity index (χ1) is 5.92. The molecule has 62 valence electrons. The summed E-state index contributed by atoms with van der Waals surface area (Å²) in [5.41, 5.74) is 8.39. The van der Waals surface area contributed by atoms with Crippen LogP contribution in [0.1, 0.15) is 5.56 Å². The maximum Gasteiger partial charge on any atom is 0.181 e. The molecular formula is C9H10N2O. The molecule has 0 spiro atoms. The fourth-order valence-corrected chi connectivity index (χ4v) is 1.30. The highest BCUT2D eigenvalue weighted by molar-refractivity contribution is 5.75. The second-order valence-electron chi connectivity index (χ2n) is 2.65. The Labute approximate surface area is 70.2 Å². The number of rotatable bonds is 2. The number of para-hydroxylation sites is 1. The van der Waals surface area contributed by atoms with E-state index in [1.165, 1.54) is 6.39 Å². The molecule has 0 unspecified atom stereocenters. The molecule has 0 bridgehead atoms. The van der Waals surface area contributed by atoms with Crippen molar-refractivity contribution in [1.29, 1.82) is 0 Å². The number of nitrogens with zero attached hydrogens (tertiary/aromatic N) is 1. The van der Waals surface area contributed by atoms with Gasteiger partial charge in [0.15, 0.2) is 12.0 Å². The Morgan fingerprint density at radius 3 is 3.17 bits per heavy atom. The van der Waals surface area contributed by atoms with Gasteiger partial charge in [-0.2, -0.15) is 0 Å². The molecule has 0 saturated carbocycles. The Bertz CT molecular complexity index is 381. The number of aromatic nitrogens is 1. The molecule has 2 N–H and O–H groups in total. The molecule has 0 radical (unpaired) electrons. The van der Waals surface area contributed by atoms with Crippen molar-refractivity contribution >= 4 is 11.1 Å². The fourth-order valence-electron chi connectivity index (χ4n) is 1.30. The topological polar surface area (TPSA) is 52.0 Å². The first-order valence-corrected chi connectivity index (χ1v) is 3.93. The first kappa shape index (κ1) is 7.31. The highest BCUT2D eigenvalue weighted by Crippen LogP contribution is 2.16. The second kappa shape index (κ2) is 2.95. The second-order valence-corrected chi connectivity index (χ2v) is 2.65. The van der Waals surface area contributed by atoms with Gasteiger partial charge in [-0.3, -0.25) is 0 Å². The molecule has 3 nitrogen and oxygen atoms in total. The van der Waals surface area contributed by atoms with E-state index in [-0.39, 0.29) is 0 Å². The monoisotopic (exact) mass is 162 g/mol. The summed E-state index contributed by atoms with van der Waals surface area (Å²) in [5, 5.41) is 0. The molecule has 0 fully saturated rings. The van der Waals surface area contributed by atoms with E-state index in [0.717, 1.165) is 23.1 Å². The maximum absolute atomic E-state index is 5.46. The normalized spacial score (nSPS) is 10.8. The largest absolute Gasteiger partial charge is 0.443 e. The van der Waals surface area contributed by atoms with Crippen molar-refractivity contribution < 1.29 is 4.42 Å². The standard InChI is InChI=1S/C9H10N2O/c10-5-4-7-2-1-3-8-9(7)11-6-12-8/h1-3,6H,4-5,10H2. The summed E-state index contributed by atoms with van der Waals surface area (Å²) < 4.78 is 5.15. The van der Waals surface area contributed by atoms with Gasteiger partial charge in [-0.1, -0.05) is 12.1 Å². The summed E-state index contributed by atoms with van der Waals surface area (Å²) in [6.07, 6.45) is 2.31. The van der Waals surface area contributed by atoms with Gasteiger partial charge >= 0.3 is 0 Å². The molecule has 0 saturated heterocycles. The van der Waals surface area contributed by atoms with E-state index in [1.807, 2.05) is 18.2 Å². The lowest BCUT2D eigenvalue weighted by molar-refractivity contribution is 0.602. The quantitative estimate of drug-likeness (QED) is 0.724. The number of hydrogen-bond donors (Lipinski definition) is 1. The van der Waals surface area contributed by atoms with Crippen molar-refractivity contribution in [2.45, 2.75) is 6.42 Å². The molecule has 0 aliphatic carbocycles. The third-order valence-electron chi connectivity index (χ3n) is 1.86. The lowest BCUT2D eigenvalue weighted by Crippen LogP contribution is -2.02. The summed E-state index contributed by atoms with van der Waals surface area (Å²) in [5.74, 6) is 0. The van der Waals surface area contributed by atoms with Crippen LogP contribution in [0.3, 0.4) is 0 Å². The zero-order valence-electron chi connectivity index (χ0n) is 6.66. The molecule has 0 aliphatic rings. The fraction of sp³-hybridized carbons (Fsp3) is 0.222. The number of hydrogen-bond acceptors (Lipinski definition) is 3. The Kier molecular flexibility index (Phi) is 1.80. The van der Waals surface area contributed by atoms with E-state index < -0.39 is 0 Å². The highest BCUT2D eigenvalue weighted by Gasteiger charge is 2.02. The molecule has 0 atom stereocenters. The zero-order valence-corrected chi connectivity index (χ0v) is 6.66. The van der Waals surface area contributed by atoms with Gasteiger partial charge in [0.05, 0.1) is 0 Å². The van der Waals surface area contributed by atoms with E-state index >= 15 is 0 Å². The number of benzene rings is 1. The number of oxazole rings is 1. The molecule has 1 aromatic heterocycles. The number of fused-ring (bicyclic) bond motifs is 1. The van der Waals surface area contributed by atoms with Gasteiger partial charge in [0, 0.05) is 0 Å². The molecule has 0 amide bonds. The van der Waals surface area contributed by atoms with Gasteiger partial charge in [0.2, 0.25) is 0 Å². The van der Waals surface area contributed by atoms with Crippen LogP contribution in [0.15, 0.2) is 29.0 Å². The first-order valence-electron chi connectivity index (χ1n) is 3.93. The predicted octanol–water partition coefficient (Wildman–Crippen LogP) is 1.33. The van der Waals surface area contributed by atoms with Crippen LogP contribution in [-0.4, -0.2) is 11.5 Å². The molecular weight excluding hydrogens is 152 g/mol. The minimum absolute atomic E-state index is 0.645. The lowest BCUT2D eigenvalue weighted by atomic mass is 10.1. The average Bonchev–Trinajstić information content (AvgIpc) is 2.53. The van der Waals surface area contributed by atoms with E-state index in [9.17, 15) is 0 Å². The SMILES string of the molecule is NCCc1cccc2ocnc12. The van der Waals surface area contributed by atoms with Crippen LogP contribution in [0, 0.1) is 0 Å². The summed E-state index contributed by atoms with van der Waals surface area (Å²) in [7, 11) is 0. The van der Waals surface area contributed by atoms with E-state index in [1.54, 1.807) is 0 Å². The van der Waals surface area contributed by atoms with Crippen LogP contribution in [0.2, 0.25) is 0 Å². The summed E-state index contributed by atoms with van der Waals surface area (Å²) in [4.78, 5) is 4.12. The van der Waals surface area contributed by atoms with Gasteiger partial charge in [-0.05, 0) is 24.6 Å². The van der Waals surface area contributed by atoms with Crippen LogP contribution < -0.4 is 5.73 Å². The molecule has 3 heteroatoms. The maximum atomic E-state index is 5.46. The van der Waals surface area contributed by atoms with Crippen LogP contribution in [0.25, 0.3) is 11.1 Å². The highest BCUT2D eigenvalue weighted by atomic mass is 16.3. The van der Waals surface area contributed by atoms with Crippen molar-refractivity contribution in [2.75, 3.05) is 6.54 Å². The molecule has 2 aromatic rings. The Morgan fingerprint density at radius 2 is 2.33 bits per heavy atom. The minimum Gasteiger partial charge on any atom is -0.443 e. The average molecular weight is 162 g/mol. The van der Waals surface area contributed by atoms with Crippen LogP contribution in [0.4, 0.5) is 0 Å². The van der Waals surface area contributed by atoms with Crippen molar-refractivity contribution in [3.63, 3.8) is 0 Å². The Hall–Kier alpha value is -1.35. The van der Waals surface area contributed by atoms with Gasteiger partial charge in [-0.25, -0.2) is 4.98 Å². The lowest BCUT2D eigenvalue weighted by Gasteiger charge is -1.97. The van der Waals surface area contributed by atoms with Gasteiger partial charge in [-0.15, -0.1) is 0 Å². The zero-order chi connectivity index (χ0) is 8.39. The van der Waals surface area contributed by atoms with Gasteiger partial charge in [0.25, 0.3) is 0 Å². The van der Waals surface area contributed by atoms with Gasteiger partial charge < -0.3 is 10.2 Å². The third kappa shape index (κ3) is 1.08. The summed E-state index contributed by atoms with van der Waals surface area (Å²) in [6.45, 7) is 0.645. The smallest absolute Gasteiger partial charge is 0.181 e. The van der Waals surface area contributed by atoms with E-state index in [2.05, 4.69) is 4.98 Å². The van der Waals surface area contributed by atoms with Crippen molar-refractivity contribution in [2.24, 2.45) is 5.73 Å². The van der Waals surface area contributed by atoms with Crippen molar-refractivity contribution in [3.8, 4) is 0 Å². The molecule has 12 heavy (non-hydrogen) atoms. The van der Waals surface area contributed by atoms with E-state index in [4.69, 9.17) is 10.2 Å². The Morgan fingerprint density at radius 1 is 1.42 bits per heavy atom. The Balaban J connectivity index is 2.57. The van der Waals surface area contributed by atoms with Crippen LogP contribution in [0.5, 0.6) is 0 Å². The van der Waals surface area contributed by atoms with Crippen LogP contribution in [-0.2, 0) is 6.42 Å². The molecule has 1 heterocycles. The van der Waals surface area contributed by atoms with E-state index in [0.29, 0.717) is 6.54 Å². The third-order valence-corrected chi connectivity index (χ3v) is 1.86. The van der Waals surface area contributed by atoms with Crippen LogP contribution >= 0.6 is 0 Å². The minimum atomic E-state index is 0.645. The van der Waals surface area contributed by atoms with Gasteiger partial charge in [0.1, 0.15) is 5.52 Å². The number of nitrogens with two attached hydrogens (primary N) is 1. The molecule has 0 aliphatic heterocycles. The molecule has 1 aromatic carbocycles. The summed E-state index contributed by atoms with van der Waals surface area (Å²) in [6, 6.07) is 5.89. The molecule has 2 rings (SSSR count). The predicted molar refractivity (Wildman–Crippen MR) is 46.8 cm³/mol. The summed E-state index contributed by atoms with van der Waals surface area (Å²) >= 11 is 0. The van der Waals surface area contributed by atoms with Crippen molar-refractivity contribution in [1.82, 2.24) is 4.98 Å².